The highest BCUT2D eigenvalue weighted by molar-refractivity contribution is 6.05. The Bertz CT molecular complexity index is 1730. The van der Waals surface area contributed by atoms with Crippen LogP contribution in [0.1, 0.15) is 52.2 Å². The molecule has 0 bridgehead atoms. The van der Waals surface area contributed by atoms with Crippen LogP contribution < -0.4 is 10.6 Å². The van der Waals surface area contributed by atoms with Crippen LogP contribution in [0.3, 0.4) is 0 Å². The van der Waals surface area contributed by atoms with E-state index < -0.39 is 0 Å². The number of likely N-dealkylation sites (N-methyl/N-ethyl adjacent to an activating group) is 1. The minimum atomic E-state index is -0.176. The number of hydrogen-bond donors (Lipinski definition) is 2. The maximum atomic E-state index is 13.2. The third-order valence-electron chi connectivity index (χ3n) is 7.96. The second kappa shape index (κ2) is 12.5. The SMILES string of the molecule is Cc1ccc(C(=O)Nc2ccc(C3CCCCN(C)C3)cc2)cc1Nc1nccc(-c2cncc(-c3oncc3C)c2)n1. The second-order valence-corrected chi connectivity index (χ2v) is 11.3. The van der Waals surface area contributed by atoms with Gasteiger partial charge in [-0.15, -0.1) is 0 Å². The fraction of sp³-hybridized carbons (Fsp3) is 0.265. The fourth-order valence-corrected chi connectivity index (χ4v) is 5.52. The zero-order valence-corrected chi connectivity index (χ0v) is 24.7. The quantitative estimate of drug-likeness (QED) is 0.214. The maximum absolute atomic E-state index is 13.2. The zero-order chi connectivity index (χ0) is 29.8. The van der Waals surface area contributed by atoms with Crippen molar-refractivity contribution in [3.8, 4) is 22.6 Å². The number of likely N-dealkylation sites (tertiary alicyclic amines) is 1. The smallest absolute Gasteiger partial charge is 0.255 e. The molecule has 9 heteroatoms. The lowest BCUT2D eigenvalue weighted by molar-refractivity contribution is 0.102. The van der Waals surface area contributed by atoms with Crippen molar-refractivity contribution in [2.75, 3.05) is 30.8 Å². The Hall–Kier alpha value is -4.89. The van der Waals surface area contributed by atoms with Crippen LogP contribution in [0.2, 0.25) is 0 Å². The van der Waals surface area contributed by atoms with Gasteiger partial charge in [-0.25, -0.2) is 9.97 Å². The van der Waals surface area contributed by atoms with Gasteiger partial charge in [-0.2, -0.15) is 0 Å². The van der Waals surface area contributed by atoms with Gasteiger partial charge in [-0.05, 0) is 93.7 Å². The lowest BCUT2D eigenvalue weighted by Gasteiger charge is -2.20. The summed E-state index contributed by atoms with van der Waals surface area (Å²) in [5.41, 5.74) is 7.64. The summed E-state index contributed by atoms with van der Waals surface area (Å²) in [6, 6.07) is 17.6. The van der Waals surface area contributed by atoms with Crippen molar-refractivity contribution < 1.29 is 9.32 Å². The summed E-state index contributed by atoms with van der Waals surface area (Å²) in [5.74, 6) is 1.45. The predicted molar refractivity (Wildman–Crippen MR) is 168 cm³/mol. The number of nitrogens with one attached hydrogen (secondary N) is 2. The number of pyridine rings is 1. The lowest BCUT2D eigenvalue weighted by atomic mass is 9.94. The Morgan fingerprint density at radius 2 is 1.79 bits per heavy atom. The van der Waals surface area contributed by atoms with Crippen molar-refractivity contribution in [1.82, 2.24) is 25.0 Å². The van der Waals surface area contributed by atoms with Crippen molar-refractivity contribution in [2.45, 2.75) is 39.0 Å². The van der Waals surface area contributed by atoms with Crippen LogP contribution in [0.15, 0.2) is 83.9 Å². The Balaban J connectivity index is 1.16. The molecule has 1 aliphatic rings. The van der Waals surface area contributed by atoms with Crippen molar-refractivity contribution in [2.24, 2.45) is 0 Å². The number of amides is 1. The molecule has 1 amide bonds. The van der Waals surface area contributed by atoms with E-state index >= 15 is 0 Å². The molecule has 1 saturated heterocycles. The predicted octanol–water partition coefficient (Wildman–Crippen LogP) is 7.01. The molecule has 0 aliphatic carbocycles. The number of rotatable bonds is 7. The van der Waals surface area contributed by atoms with Crippen LogP contribution in [-0.2, 0) is 0 Å². The molecule has 9 nitrogen and oxygen atoms in total. The number of carbonyl (C=O) groups excluding carboxylic acids is 1. The molecule has 43 heavy (non-hydrogen) atoms. The third-order valence-corrected chi connectivity index (χ3v) is 7.96. The summed E-state index contributed by atoms with van der Waals surface area (Å²) in [6.07, 6.45) is 10.6. The van der Waals surface area contributed by atoms with E-state index in [9.17, 15) is 4.79 Å². The van der Waals surface area contributed by atoms with E-state index in [1.165, 1.54) is 24.8 Å². The first-order chi connectivity index (χ1) is 20.9. The fourth-order valence-electron chi connectivity index (χ4n) is 5.52. The number of nitrogens with zero attached hydrogens (tertiary/aromatic N) is 5. The molecule has 1 atom stereocenters. The summed E-state index contributed by atoms with van der Waals surface area (Å²) < 4.78 is 5.39. The molecular weight excluding hydrogens is 538 g/mol. The number of aromatic nitrogens is 4. The molecule has 3 aromatic heterocycles. The average molecular weight is 574 g/mol. The van der Waals surface area contributed by atoms with Crippen LogP contribution >= 0.6 is 0 Å². The highest BCUT2D eigenvalue weighted by atomic mass is 16.5. The van der Waals surface area contributed by atoms with Crippen molar-refractivity contribution in [3.63, 3.8) is 0 Å². The Kier molecular flexibility index (Phi) is 8.24. The third kappa shape index (κ3) is 6.62. The van der Waals surface area contributed by atoms with Crippen molar-refractivity contribution in [1.29, 1.82) is 0 Å². The van der Waals surface area contributed by atoms with Gasteiger partial charge in [0.15, 0.2) is 5.76 Å². The highest BCUT2D eigenvalue weighted by Crippen LogP contribution is 2.29. The minimum absolute atomic E-state index is 0.176. The van der Waals surface area contributed by atoms with E-state index in [0.29, 0.717) is 28.9 Å². The monoisotopic (exact) mass is 573 g/mol. The van der Waals surface area contributed by atoms with E-state index in [0.717, 1.165) is 46.7 Å². The Morgan fingerprint density at radius 1 is 0.953 bits per heavy atom. The summed E-state index contributed by atoms with van der Waals surface area (Å²) in [4.78, 5) is 29.1. The van der Waals surface area contributed by atoms with Gasteiger partial charge in [-0.1, -0.05) is 29.8 Å². The lowest BCUT2D eigenvalue weighted by Crippen LogP contribution is -2.23. The van der Waals surface area contributed by atoms with Crippen LogP contribution in [0.5, 0.6) is 0 Å². The minimum Gasteiger partial charge on any atom is -0.356 e. The summed E-state index contributed by atoms with van der Waals surface area (Å²) in [6.45, 7) is 6.15. The summed E-state index contributed by atoms with van der Waals surface area (Å²) >= 11 is 0. The first kappa shape index (κ1) is 28.2. The topological polar surface area (TPSA) is 109 Å². The van der Waals surface area contributed by atoms with Gasteiger partial charge >= 0.3 is 0 Å². The number of hydrogen-bond acceptors (Lipinski definition) is 8. The van der Waals surface area contributed by atoms with Gasteiger partial charge in [0, 0.05) is 58.8 Å². The first-order valence-electron chi connectivity index (χ1n) is 14.6. The summed E-state index contributed by atoms with van der Waals surface area (Å²) in [7, 11) is 2.19. The first-order valence-corrected chi connectivity index (χ1v) is 14.6. The van der Waals surface area contributed by atoms with Gasteiger partial charge < -0.3 is 20.1 Å². The molecule has 4 heterocycles. The Labute approximate surface area is 251 Å². The molecule has 2 N–H and O–H groups in total. The van der Waals surface area contributed by atoms with E-state index in [2.05, 4.69) is 49.8 Å². The van der Waals surface area contributed by atoms with Gasteiger partial charge in [0.05, 0.1) is 11.9 Å². The zero-order valence-electron chi connectivity index (χ0n) is 24.7. The van der Waals surface area contributed by atoms with E-state index in [4.69, 9.17) is 9.51 Å². The van der Waals surface area contributed by atoms with E-state index in [-0.39, 0.29) is 5.91 Å². The van der Waals surface area contributed by atoms with Gasteiger partial charge in [0.1, 0.15) is 0 Å². The summed E-state index contributed by atoms with van der Waals surface area (Å²) in [5, 5.41) is 10.2. The van der Waals surface area contributed by atoms with Gasteiger partial charge in [0.25, 0.3) is 5.91 Å². The number of carbonyl (C=O) groups is 1. The molecule has 218 valence electrons. The number of anilines is 3. The second-order valence-electron chi connectivity index (χ2n) is 11.3. The normalized spacial score (nSPS) is 15.6. The van der Waals surface area contributed by atoms with Gasteiger partial charge in [0.2, 0.25) is 5.95 Å². The van der Waals surface area contributed by atoms with Crippen LogP contribution in [0.4, 0.5) is 17.3 Å². The molecule has 0 spiro atoms. The number of aryl methyl sites for hydroxylation is 2. The molecule has 1 unspecified atom stereocenters. The Morgan fingerprint density at radius 3 is 2.60 bits per heavy atom. The molecule has 0 radical (unpaired) electrons. The molecule has 6 rings (SSSR count). The number of benzene rings is 2. The van der Waals surface area contributed by atoms with E-state index in [1.807, 2.05) is 56.3 Å². The average Bonchev–Trinajstić information content (AvgIpc) is 3.34. The standard InChI is InChI=1S/C34H35N7O2/c1-22-7-8-25(33(42)38-29-11-9-24(10-12-29)26-6-4-5-15-41(3)21-26)17-31(22)40-34-36-14-13-30(39-34)27-16-28(20-35-19-27)32-23(2)18-37-43-32/h7-14,16-20,26H,4-6,15,21H2,1-3H3,(H,38,42)(H,36,39,40). The molecule has 1 fully saturated rings. The van der Waals surface area contributed by atoms with Gasteiger partial charge in [-0.3, -0.25) is 9.78 Å². The highest BCUT2D eigenvalue weighted by Gasteiger charge is 2.18. The van der Waals surface area contributed by atoms with Crippen LogP contribution in [-0.4, -0.2) is 51.1 Å². The van der Waals surface area contributed by atoms with Crippen LogP contribution in [0.25, 0.3) is 22.6 Å². The maximum Gasteiger partial charge on any atom is 0.255 e. The molecule has 1 aliphatic heterocycles. The largest absolute Gasteiger partial charge is 0.356 e. The molecule has 0 saturated carbocycles. The molecule has 2 aromatic carbocycles. The van der Waals surface area contributed by atoms with Crippen molar-refractivity contribution in [3.05, 3.63) is 102 Å². The van der Waals surface area contributed by atoms with E-state index in [1.54, 1.807) is 24.8 Å². The molecule has 5 aromatic rings. The van der Waals surface area contributed by atoms with Crippen LogP contribution in [0, 0.1) is 13.8 Å². The molecular formula is C34H35N7O2. The van der Waals surface area contributed by atoms with Crippen molar-refractivity contribution >= 4 is 23.2 Å².